The maximum absolute atomic E-state index is 5.73. The predicted molar refractivity (Wildman–Crippen MR) is 123 cm³/mol. The zero-order valence-electron chi connectivity index (χ0n) is 16.6. The van der Waals surface area contributed by atoms with Crippen LogP contribution in [0.15, 0.2) is 47.6 Å². The maximum Gasteiger partial charge on any atom is 0.213 e. The molecule has 154 valence electrons. The lowest BCUT2D eigenvalue weighted by atomic mass is 10.2. The second-order valence-corrected chi connectivity index (χ2v) is 5.71. The molecule has 1 aromatic carbocycles. The number of hydrogen-bond donors (Lipinski definition) is 2. The number of aliphatic imine (C=N–C) groups is 1. The standard InChI is InChI=1S/C20H28N4O3.HI/c1-4-26-19-13-16(9-10-22-19)15-23-20(21-2)24-17-7-5-8-18(14-17)27-12-6-11-25-3;/h5,7-10,13-14H,4,6,11-12,15H2,1-3H3,(H2,21,23,24);1H. The highest BCUT2D eigenvalue weighted by Crippen LogP contribution is 2.17. The third-order valence-corrected chi connectivity index (χ3v) is 3.63. The number of ether oxygens (including phenoxy) is 3. The van der Waals surface area contributed by atoms with Gasteiger partial charge in [-0.3, -0.25) is 4.99 Å². The molecule has 0 saturated heterocycles. The fourth-order valence-corrected chi connectivity index (χ4v) is 2.35. The Morgan fingerprint density at radius 2 is 2.00 bits per heavy atom. The first-order valence-corrected chi connectivity index (χ1v) is 9.02. The fraction of sp³-hybridized carbons (Fsp3) is 0.400. The summed E-state index contributed by atoms with van der Waals surface area (Å²) in [5, 5.41) is 6.55. The normalized spacial score (nSPS) is 10.8. The van der Waals surface area contributed by atoms with Gasteiger partial charge in [-0.05, 0) is 30.7 Å². The quantitative estimate of drug-likeness (QED) is 0.224. The Hall–Kier alpha value is -2.07. The van der Waals surface area contributed by atoms with Gasteiger partial charge >= 0.3 is 0 Å². The van der Waals surface area contributed by atoms with Crippen molar-refractivity contribution in [3.8, 4) is 11.6 Å². The van der Waals surface area contributed by atoms with Crippen LogP contribution < -0.4 is 20.1 Å². The summed E-state index contributed by atoms with van der Waals surface area (Å²) in [6.45, 7) is 4.45. The van der Waals surface area contributed by atoms with Crippen LogP contribution in [0.3, 0.4) is 0 Å². The van der Waals surface area contributed by atoms with Crippen LogP contribution in [0.5, 0.6) is 11.6 Å². The average molecular weight is 500 g/mol. The second-order valence-electron chi connectivity index (χ2n) is 5.71. The number of halogens is 1. The molecular weight excluding hydrogens is 471 g/mol. The molecule has 0 fully saturated rings. The van der Waals surface area contributed by atoms with Gasteiger partial charge in [-0.25, -0.2) is 4.98 Å². The third kappa shape index (κ3) is 8.75. The highest BCUT2D eigenvalue weighted by atomic mass is 127. The molecular formula is C20H29IN4O3. The molecule has 0 aliphatic heterocycles. The summed E-state index contributed by atoms with van der Waals surface area (Å²) in [5.41, 5.74) is 1.96. The van der Waals surface area contributed by atoms with Crippen LogP contribution in [0.1, 0.15) is 18.9 Å². The zero-order valence-corrected chi connectivity index (χ0v) is 18.9. The van der Waals surface area contributed by atoms with Gasteiger partial charge in [0.15, 0.2) is 5.96 Å². The third-order valence-electron chi connectivity index (χ3n) is 3.63. The van der Waals surface area contributed by atoms with E-state index in [1.807, 2.05) is 43.3 Å². The lowest BCUT2D eigenvalue weighted by molar-refractivity contribution is 0.172. The number of aromatic nitrogens is 1. The average Bonchev–Trinajstić information content (AvgIpc) is 2.69. The van der Waals surface area contributed by atoms with Gasteiger partial charge in [0, 0.05) is 57.7 Å². The summed E-state index contributed by atoms with van der Waals surface area (Å²) in [6.07, 6.45) is 2.59. The molecule has 1 heterocycles. The van der Waals surface area contributed by atoms with Crippen molar-refractivity contribution in [3.63, 3.8) is 0 Å². The molecule has 28 heavy (non-hydrogen) atoms. The van der Waals surface area contributed by atoms with E-state index in [9.17, 15) is 0 Å². The van der Waals surface area contributed by atoms with Gasteiger partial charge in [-0.15, -0.1) is 24.0 Å². The first-order valence-electron chi connectivity index (χ1n) is 9.02. The number of hydrogen-bond acceptors (Lipinski definition) is 5. The molecule has 8 heteroatoms. The van der Waals surface area contributed by atoms with E-state index in [2.05, 4.69) is 20.6 Å². The summed E-state index contributed by atoms with van der Waals surface area (Å²) in [7, 11) is 3.42. The number of benzene rings is 1. The van der Waals surface area contributed by atoms with Crippen LogP contribution in [0.4, 0.5) is 5.69 Å². The number of anilines is 1. The molecule has 0 radical (unpaired) electrons. The Morgan fingerprint density at radius 3 is 2.75 bits per heavy atom. The summed E-state index contributed by atoms with van der Waals surface area (Å²) in [4.78, 5) is 8.44. The summed E-state index contributed by atoms with van der Waals surface area (Å²) < 4.78 is 16.2. The fourth-order valence-electron chi connectivity index (χ4n) is 2.35. The van der Waals surface area contributed by atoms with E-state index >= 15 is 0 Å². The number of methoxy groups -OCH3 is 1. The Kier molecular flexibility index (Phi) is 12.0. The van der Waals surface area contributed by atoms with Crippen molar-refractivity contribution >= 4 is 35.6 Å². The Labute approximate surface area is 183 Å². The monoisotopic (exact) mass is 500 g/mol. The van der Waals surface area contributed by atoms with Crippen LogP contribution >= 0.6 is 24.0 Å². The summed E-state index contributed by atoms with van der Waals surface area (Å²) >= 11 is 0. The minimum Gasteiger partial charge on any atom is -0.493 e. The second kappa shape index (κ2) is 14.0. The molecule has 0 aliphatic carbocycles. The molecule has 0 saturated carbocycles. The first-order chi connectivity index (χ1) is 13.2. The van der Waals surface area contributed by atoms with Gasteiger partial charge < -0.3 is 24.8 Å². The van der Waals surface area contributed by atoms with Crippen LogP contribution in [0, 0.1) is 0 Å². The maximum atomic E-state index is 5.73. The first kappa shape index (κ1) is 24.0. The molecule has 0 aliphatic rings. The van der Waals surface area contributed by atoms with Gasteiger partial charge in [-0.1, -0.05) is 6.07 Å². The molecule has 2 aromatic rings. The highest BCUT2D eigenvalue weighted by Gasteiger charge is 2.03. The van der Waals surface area contributed by atoms with Crippen molar-refractivity contribution in [2.45, 2.75) is 19.9 Å². The van der Waals surface area contributed by atoms with E-state index in [0.29, 0.717) is 38.2 Å². The van der Waals surface area contributed by atoms with Crippen molar-refractivity contribution < 1.29 is 14.2 Å². The number of nitrogens with one attached hydrogen (secondary N) is 2. The molecule has 0 amide bonds. The van der Waals surface area contributed by atoms with E-state index in [1.165, 1.54) is 0 Å². The predicted octanol–water partition coefficient (Wildman–Crippen LogP) is 3.70. The molecule has 0 atom stereocenters. The van der Waals surface area contributed by atoms with Crippen LogP contribution in [0.25, 0.3) is 0 Å². The molecule has 0 spiro atoms. The number of pyridine rings is 1. The van der Waals surface area contributed by atoms with Gasteiger partial charge in [0.05, 0.1) is 13.2 Å². The highest BCUT2D eigenvalue weighted by molar-refractivity contribution is 14.0. The molecule has 0 bridgehead atoms. The molecule has 7 nitrogen and oxygen atoms in total. The van der Waals surface area contributed by atoms with E-state index in [1.54, 1.807) is 20.4 Å². The lowest BCUT2D eigenvalue weighted by Crippen LogP contribution is -2.30. The zero-order chi connectivity index (χ0) is 19.3. The summed E-state index contributed by atoms with van der Waals surface area (Å²) in [6, 6.07) is 11.6. The van der Waals surface area contributed by atoms with Crippen LogP contribution in [0.2, 0.25) is 0 Å². The topological polar surface area (TPSA) is 77.0 Å². The van der Waals surface area contributed by atoms with Crippen molar-refractivity contribution in [2.75, 3.05) is 39.3 Å². The largest absolute Gasteiger partial charge is 0.493 e. The van der Waals surface area contributed by atoms with E-state index < -0.39 is 0 Å². The Morgan fingerprint density at radius 1 is 1.14 bits per heavy atom. The van der Waals surface area contributed by atoms with Crippen molar-refractivity contribution in [1.82, 2.24) is 10.3 Å². The Bertz CT molecular complexity index is 728. The van der Waals surface area contributed by atoms with Crippen LogP contribution in [-0.2, 0) is 11.3 Å². The lowest BCUT2D eigenvalue weighted by Gasteiger charge is -2.13. The van der Waals surface area contributed by atoms with Gasteiger partial charge in [-0.2, -0.15) is 0 Å². The van der Waals surface area contributed by atoms with E-state index in [4.69, 9.17) is 14.2 Å². The van der Waals surface area contributed by atoms with Gasteiger partial charge in [0.25, 0.3) is 0 Å². The number of nitrogens with zero attached hydrogens (tertiary/aromatic N) is 2. The minimum absolute atomic E-state index is 0. The smallest absolute Gasteiger partial charge is 0.213 e. The van der Waals surface area contributed by atoms with Crippen LogP contribution in [-0.4, -0.2) is 44.9 Å². The van der Waals surface area contributed by atoms with E-state index in [-0.39, 0.29) is 24.0 Å². The van der Waals surface area contributed by atoms with Crippen molar-refractivity contribution in [2.24, 2.45) is 4.99 Å². The van der Waals surface area contributed by atoms with Crippen molar-refractivity contribution in [3.05, 3.63) is 48.2 Å². The number of rotatable bonds is 10. The molecule has 1 aromatic heterocycles. The van der Waals surface area contributed by atoms with Gasteiger partial charge in [0.1, 0.15) is 5.75 Å². The molecule has 2 rings (SSSR count). The SMILES string of the molecule is CCOc1cc(CNC(=NC)Nc2cccc(OCCCOC)c2)ccn1.I. The number of guanidine groups is 1. The molecule has 2 N–H and O–H groups in total. The Balaban J connectivity index is 0.00000392. The van der Waals surface area contributed by atoms with E-state index in [0.717, 1.165) is 23.4 Å². The van der Waals surface area contributed by atoms with Gasteiger partial charge in [0.2, 0.25) is 5.88 Å². The molecule has 0 unspecified atom stereocenters. The summed E-state index contributed by atoms with van der Waals surface area (Å²) in [5.74, 6) is 2.10. The van der Waals surface area contributed by atoms with Crippen molar-refractivity contribution in [1.29, 1.82) is 0 Å². The minimum atomic E-state index is 0.